The van der Waals surface area contributed by atoms with Gasteiger partial charge in [-0.2, -0.15) is 0 Å². The number of carboxylic acid groups (broad SMARTS) is 1. The van der Waals surface area contributed by atoms with E-state index in [2.05, 4.69) is 16.4 Å². The van der Waals surface area contributed by atoms with Gasteiger partial charge >= 0.3 is 12.0 Å². The summed E-state index contributed by atoms with van der Waals surface area (Å²) in [6, 6.07) is 5.71. The molecule has 1 aliphatic heterocycles. The largest absolute Gasteiger partial charge is 0.481 e. The molecule has 1 saturated heterocycles. The fourth-order valence-corrected chi connectivity index (χ4v) is 3.59. The van der Waals surface area contributed by atoms with Crippen molar-refractivity contribution in [2.75, 3.05) is 13.1 Å². The zero-order valence-electron chi connectivity index (χ0n) is 16.0. The number of aliphatic carboxylic acids is 1. The van der Waals surface area contributed by atoms with Gasteiger partial charge in [-0.3, -0.25) is 4.79 Å². The Bertz CT molecular complexity index is 834. The van der Waals surface area contributed by atoms with Crippen molar-refractivity contribution < 1.29 is 14.7 Å². The quantitative estimate of drug-likeness (QED) is 0.847. The summed E-state index contributed by atoms with van der Waals surface area (Å²) in [6.07, 6.45) is 5.76. The van der Waals surface area contributed by atoms with E-state index in [1.54, 1.807) is 24.3 Å². The number of nitrogens with zero attached hydrogens (tertiary/aromatic N) is 3. The van der Waals surface area contributed by atoms with Crippen molar-refractivity contribution >= 4 is 12.0 Å². The predicted octanol–water partition coefficient (Wildman–Crippen LogP) is 2.75. The first-order valence-corrected chi connectivity index (χ1v) is 9.10. The lowest BCUT2D eigenvalue weighted by molar-refractivity contribution is -0.147. The first-order valence-electron chi connectivity index (χ1n) is 9.10. The molecule has 7 nitrogen and oxygen atoms in total. The van der Waals surface area contributed by atoms with Crippen LogP contribution in [0.25, 0.3) is 0 Å². The van der Waals surface area contributed by atoms with E-state index in [1.807, 2.05) is 36.7 Å². The average molecular weight is 370 g/mol. The molecule has 2 unspecified atom stereocenters. The third kappa shape index (κ3) is 4.13. The highest BCUT2D eigenvalue weighted by atomic mass is 16.4. The van der Waals surface area contributed by atoms with E-state index < -0.39 is 11.4 Å². The van der Waals surface area contributed by atoms with E-state index in [-0.39, 0.29) is 18.6 Å². The highest BCUT2D eigenvalue weighted by molar-refractivity contribution is 5.79. The number of benzene rings is 1. The lowest BCUT2D eigenvalue weighted by Gasteiger charge is -2.26. The van der Waals surface area contributed by atoms with Crippen LogP contribution in [0.1, 0.15) is 36.1 Å². The Hall–Kier alpha value is -2.83. The number of carbonyl (C=O) groups is 2. The van der Waals surface area contributed by atoms with Gasteiger partial charge in [0.05, 0.1) is 17.8 Å². The topological polar surface area (TPSA) is 87.5 Å². The van der Waals surface area contributed by atoms with Crippen LogP contribution in [0.3, 0.4) is 0 Å². The number of imidazole rings is 1. The molecule has 2 heterocycles. The fourth-order valence-electron chi connectivity index (χ4n) is 3.59. The Kier molecular flexibility index (Phi) is 5.21. The van der Waals surface area contributed by atoms with Gasteiger partial charge in [-0.25, -0.2) is 9.78 Å². The van der Waals surface area contributed by atoms with Crippen LogP contribution >= 0.6 is 0 Å². The van der Waals surface area contributed by atoms with Crippen molar-refractivity contribution in [3.8, 4) is 0 Å². The number of hydrogen-bond donors (Lipinski definition) is 2. The zero-order valence-corrected chi connectivity index (χ0v) is 16.0. The van der Waals surface area contributed by atoms with Crippen LogP contribution in [0.2, 0.25) is 0 Å². The molecule has 0 radical (unpaired) electrons. The van der Waals surface area contributed by atoms with E-state index in [1.165, 1.54) is 5.56 Å². The van der Waals surface area contributed by atoms with Gasteiger partial charge in [-0.15, -0.1) is 0 Å². The standard InChI is InChI=1S/C20H26N4O3/c1-14-4-5-16(15(2)10-14)17(11-23-9-7-21-13-23)22-19(27)24-8-6-20(3,12-24)18(25)26/h4-5,7,9-10,13,17H,6,8,11-12H2,1-3H3,(H,22,27)(H,25,26). The van der Waals surface area contributed by atoms with Crippen molar-refractivity contribution in [1.29, 1.82) is 0 Å². The summed E-state index contributed by atoms with van der Waals surface area (Å²) in [7, 11) is 0. The second-order valence-corrected chi connectivity index (χ2v) is 7.66. The molecular formula is C20H26N4O3. The highest BCUT2D eigenvalue weighted by Crippen LogP contribution is 2.30. The number of aryl methyl sites for hydroxylation is 2. The molecule has 27 heavy (non-hydrogen) atoms. The van der Waals surface area contributed by atoms with Crippen LogP contribution in [-0.4, -0.2) is 44.6 Å². The first-order chi connectivity index (χ1) is 12.8. The summed E-state index contributed by atoms with van der Waals surface area (Å²) in [5, 5.41) is 12.5. The summed E-state index contributed by atoms with van der Waals surface area (Å²) < 4.78 is 1.93. The monoisotopic (exact) mass is 370 g/mol. The number of likely N-dealkylation sites (tertiary alicyclic amines) is 1. The fraction of sp³-hybridized carbons (Fsp3) is 0.450. The minimum atomic E-state index is -0.878. The molecule has 1 fully saturated rings. The summed E-state index contributed by atoms with van der Waals surface area (Å²) in [6.45, 7) is 6.98. The van der Waals surface area contributed by atoms with Crippen LogP contribution in [0, 0.1) is 19.3 Å². The van der Waals surface area contributed by atoms with Crippen LogP contribution in [0.15, 0.2) is 36.9 Å². The van der Waals surface area contributed by atoms with Gasteiger partial charge in [0, 0.05) is 32.0 Å². The smallest absolute Gasteiger partial charge is 0.317 e. The third-order valence-corrected chi connectivity index (χ3v) is 5.33. The van der Waals surface area contributed by atoms with E-state index in [9.17, 15) is 14.7 Å². The van der Waals surface area contributed by atoms with Crippen molar-refractivity contribution in [2.24, 2.45) is 5.41 Å². The molecule has 0 spiro atoms. The highest BCUT2D eigenvalue weighted by Gasteiger charge is 2.42. The number of hydrogen-bond acceptors (Lipinski definition) is 3. The predicted molar refractivity (Wildman–Crippen MR) is 101 cm³/mol. The summed E-state index contributed by atoms with van der Waals surface area (Å²) in [5.41, 5.74) is 2.44. The third-order valence-electron chi connectivity index (χ3n) is 5.33. The summed E-state index contributed by atoms with van der Waals surface area (Å²) >= 11 is 0. The molecule has 1 aromatic heterocycles. The Morgan fingerprint density at radius 3 is 2.74 bits per heavy atom. The second kappa shape index (κ2) is 7.42. The van der Waals surface area contributed by atoms with E-state index in [4.69, 9.17) is 0 Å². The molecule has 2 atom stereocenters. The van der Waals surface area contributed by atoms with Crippen LogP contribution in [-0.2, 0) is 11.3 Å². The number of carboxylic acids is 1. The SMILES string of the molecule is Cc1ccc(C(Cn2ccnc2)NC(=O)N2CCC(C)(C(=O)O)C2)c(C)c1. The minimum Gasteiger partial charge on any atom is -0.481 e. The molecule has 1 aliphatic rings. The Morgan fingerprint density at radius 1 is 1.37 bits per heavy atom. The molecule has 0 bridgehead atoms. The van der Waals surface area contributed by atoms with Crippen LogP contribution in [0.5, 0.6) is 0 Å². The number of aromatic nitrogens is 2. The van der Waals surface area contributed by atoms with Crippen LogP contribution in [0.4, 0.5) is 4.79 Å². The lowest BCUT2D eigenvalue weighted by atomic mass is 9.90. The van der Waals surface area contributed by atoms with Gasteiger partial charge in [-0.05, 0) is 38.3 Å². The molecular weight excluding hydrogens is 344 g/mol. The first kappa shape index (κ1) is 18.9. The molecule has 0 aliphatic carbocycles. The molecule has 3 rings (SSSR count). The van der Waals surface area contributed by atoms with Crippen molar-refractivity contribution in [2.45, 2.75) is 39.8 Å². The van der Waals surface area contributed by atoms with E-state index in [0.29, 0.717) is 19.5 Å². The molecule has 7 heteroatoms. The molecule has 2 amide bonds. The van der Waals surface area contributed by atoms with Gasteiger partial charge in [-0.1, -0.05) is 23.8 Å². The number of urea groups is 1. The summed E-state index contributed by atoms with van der Waals surface area (Å²) in [5.74, 6) is -0.859. The number of nitrogens with one attached hydrogen (secondary N) is 1. The maximum absolute atomic E-state index is 12.8. The number of rotatable bonds is 5. The van der Waals surface area contributed by atoms with E-state index in [0.717, 1.165) is 11.1 Å². The van der Waals surface area contributed by atoms with Crippen molar-refractivity contribution in [3.63, 3.8) is 0 Å². The normalized spacial score (nSPS) is 20.5. The Balaban J connectivity index is 1.79. The minimum absolute atomic E-state index is 0.221. The molecule has 1 aromatic carbocycles. The van der Waals surface area contributed by atoms with Gasteiger partial charge in [0.1, 0.15) is 0 Å². The number of carbonyl (C=O) groups excluding carboxylic acids is 1. The number of amides is 2. The van der Waals surface area contributed by atoms with Crippen molar-refractivity contribution in [1.82, 2.24) is 19.8 Å². The Labute approximate surface area is 159 Å². The molecule has 2 N–H and O–H groups in total. The maximum Gasteiger partial charge on any atom is 0.317 e. The van der Waals surface area contributed by atoms with Crippen LogP contribution < -0.4 is 5.32 Å². The van der Waals surface area contributed by atoms with Gasteiger partial charge in [0.2, 0.25) is 0 Å². The average Bonchev–Trinajstić information content (AvgIpc) is 3.25. The molecule has 144 valence electrons. The maximum atomic E-state index is 12.8. The Morgan fingerprint density at radius 2 is 2.15 bits per heavy atom. The van der Waals surface area contributed by atoms with Gasteiger partial charge in [0.25, 0.3) is 0 Å². The lowest BCUT2D eigenvalue weighted by Crippen LogP contribution is -2.43. The molecule has 2 aromatic rings. The van der Waals surface area contributed by atoms with Crippen molar-refractivity contribution in [3.05, 3.63) is 53.6 Å². The molecule has 0 saturated carbocycles. The van der Waals surface area contributed by atoms with E-state index >= 15 is 0 Å². The summed E-state index contributed by atoms with van der Waals surface area (Å²) in [4.78, 5) is 30.0. The second-order valence-electron chi connectivity index (χ2n) is 7.66. The van der Waals surface area contributed by atoms with Gasteiger partial charge in [0.15, 0.2) is 0 Å². The zero-order chi connectivity index (χ0) is 19.6. The van der Waals surface area contributed by atoms with Gasteiger partial charge < -0.3 is 19.9 Å².